The molecule has 13 aromatic rings. The Bertz CT molecular complexity index is 3500. The monoisotopic (exact) mass is 905 g/mol. The van der Waals surface area contributed by atoms with Gasteiger partial charge in [-0.25, -0.2) is 0 Å². The van der Waals surface area contributed by atoms with Crippen LogP contribution in [0.1, 0.15) is 0 Å². The molecule has 3 nitrogen and oxygen atoms in total. The lowest BCUT2D eigenvalue weighted by atomic mass is 9.97. The van der Waals surface area contributed by atoms with E-state index >= 15 is 0 Å². The number of para-hydroxylation sites is 1. The molecule has 1 heterocycles. The van der Waals surface area contributed by atoms with Gasteiger partial charge >= 0.3 is 0 Å². The van der Waals surface area contributed by atoms with Crippen molar-refractivity contribution in [2.75, 3.05) is 9.80 Å². The van der Waals surface area contributed by atoms with Gasteiger partial charge < -0.3 is 14.4 Å². The first-order chi connectivity index (χ1) is 35.2. The predicted octanol–water partition coefficient (Wildman–Crippen LogP) is 19.0. The molecule has 0 unspecified atom stereocenters. The van der Waals surface area contributed by atoms with Gasteiger partial charge in [-0.1, -0.05) is 200 Å². The van der Waals surface area contributed by atoms with Gasteiger partial charge in [-0.3, -0.25) is 0 Å². The van der Waals surface area contributed by atoms with E-state index in [1.165, 1.54) is 66.1 Å². The van der Waals surface area contributed by atoms with Gasteiger partial charge in [-0.15, -0.1) is 0 Å². The molecule has 12 aromatic carbocycles. The van der Waals surface area contributed by atoms with Crippen LogP contribution in [0.5, 0.6) is 0 Å². The third kappa shape index (κ3) is 7.58. The molecule has 0 amide bonds. The average molecular weight is 906 g/mol. The van der Waals surface area contributed by atoms with E-state index in [1.54, 1.807) is 0 Å². The lowest BCUT2D eigenvalue weighted by molar-refractivity contribution is 1.18. The Kier molecular flexibility index (Phi) is 10.5. The Hall–Kier alpha value is -9.44. The largest absolute Gasteiger partial charge is 0.310 e. The van der Waals surface area contributed by atoms with Crippen molar-refractivity contribution in [1.82, 2.24) is 4.57 Å². The molecule has 0 fully saturated rings. The fraction of sp³-hybridized carbons (Fsp3) is 0. The first-order valence-corrected chi connectivity index (χ1v) is 24.3. The van der Waals surface area contributed by atoms with Crippen molar-refractivity contribution in [2.24, 2.45) is 0 Å². The molecule has 13 rings (SSSR count). The van der Waals surface area contributed by atoms with Crippen molar-refractivity contribution in [2.45, 2.75) is 0 Å². The molecule has 334 valence electrons. The molecule has 0 spiro atoms. The van der Waals surface area contributed by atoms with Crippen molar-refractivity contribution in [3.05, 3.63) is 285 Å². The minimum Gasteiger partial charge on any atom is -0.310 e. The van der Waals surface area contributed by atoms with Gasteiger partial charge in [0.05, 0.1) is 22.4 Å². The molecular formula is C68H47N3. The second-order valence-electron chi connectivity index (χ2n) is 18.1. The molecule has 3 heteroatoms. The maximum absolute atomic E-state index is 2.44. The van der Waals surface area contributed by atoms with Gasteiger partial charge in [0.2, 0.25) is 0 Å². The van der Waals surface area contributed by atoms with Gasteiger partial charge in [0.15, 0.2) is 0 Å². The molecule has 0 saturated heterocycles. The second-order valence-corrected chi connectivity index (χ2v) is 18.1. The summed E-state index contributed by atoms with van der Waals surface area (Å²) < 4.78 is 2.44. The maximum atomic E-state index is 2.44. The Labute approximate surface area is 414 Å². The molecule has 0 radical (unpaired) electrons. The van der Waals surface area contributed by atoms with Crippen LogP contribution >= 0.6 is 0 Å². The summed E-state index contributed by atoms with van der Waals surface area (Å²) in [6.07, 6.45) is 0. The molecule has 0 atom stereocenters. The average Bonchev–Trinajstić information content (AvgIpc) is 3.80. The van der Waals surface area contributed by atoms with Gasteiger partial charge in [0.25, 0.3) is 0 Å². The minimum absolute atomic E-state index is 1.09. The van der Waals surface area contributed by atoms with Crippen molar-refractivity contribution < 1.29 is 0 Å². The van der Waals surface area contributed by atoms with Crippen molar-refractivity contribution in [3.8, 4) is 50.2 Å². The Morgan fingerprint density at radius 2 is 0.465 bits per heavy atom. The third-order valence-corrected chi connectivity index (χ3v) is 14.0. The topological polar surface area (TPSA) is 11.4 Å². The first kappa shape index (κ1) is 41.7. The number of rotatable bonds is 11. The van der Waals surface area contributed by atoms with Crippen LogP contribution < -0.4 is 9.80 Å². The van der Waals surface area contributed by atoms with Gasteiger partial charge in [-0.05, 0) is 129 Å². The molecule has 0 aliphatic heterocycles. The SMILES string of the molecule is c1ccc(-c2ccc(N(c3ccc(-c4ccccc4)cc3)c3ccc4c5c3ccc3c(N(c6ccc(-c7ccccc7)cc6)c6ccc(-c7ccccc7)cc6)ccc(c35)n4-c3ccccc3)cc2)cc1. The molecular weight excluding hydrogens is 859 g/mol. The van der Waals surface area contributed by atoms with E-state index in [2.05, 4.69) is 299 Å². The van der Waals surface area contributed by atoms with Crippen molar-refractivity contribution in [3.63, 3.8) is 0 Å². The van der Waals surface area contributed by atoms with Gasteiger partial charge in [0.1, 0.15) is 0 Å². The summed E-state index contributed by atoms with van der Waals surface area (Å²) in [4.78, 5) is 4.86. The summed E-state index contributed by atoms with van der Waals surface area (Å²) in [7, 11) is 0. The zero-order valence-corrected chi connectivity index (χ0v) is 39.0. The lowest BCUT2D eigenvalue weighted by Gasteiger charge is -2.28. The third-order valence-electron chi connectivity index (χ3n) is 14.0. The number of benzene rings is 12. The second kappa shape index (κ2) is 17.9. The summed E-state index contributed by atoms with van der Waals surface area (Å²) in [6, 6.07) is 103. The maximum Gasteiger partial charge on any atom is 0.0548 e. The number of hydrogen-bond acceptors (Lipinski definition) is 2. The van der Waals surface area contributed by atoms with Crippen LogP contribution in [0.25, 0.3) is 82.8 Å². The summed E-state index contributed by atoms with van der Waals surface area (Å²) >= 11 is 0. The highest BCUT2D eigenvalue weighted by Crippen LogP contribution is 2.50. The Morgan fingerprint density at radius 1 is 0.211 bits per heavy atom. The Morgan fingerprint density at radius 3 is 0.746 bits per heavy atom. The smallest absolute Gasteiger partial charge is 0.0548 e. The van der Waals surface area contributed by atoms with E-state index in [9.17, 15) is 0 Å². The van der Waals surface area contributed by atoms with E-state index in [0.29, 0.717) is 0 Å². The molecule has 0 aliphatic carbocycles. The van der Waals surface area contributed by atoms with E-state index < -0.39 is 0 Å². The predicted molar refractivity (Wildman–Crippen MR) is 301 cm³/mol. The van der Waals surface area contributed by atoms with Crippen LogP contribution in [-0.4, -0.2) is 4.57 Å². The van der Waals surface area contributed by atoms with Crippen LogP contribution in [0.3, 0.4) is 0 Å². The number of aromatic nitrogens is 1. The molecule has 0 aliphatic rings. The highest BCUT2D eigenvalue weighted by molar-refractivity contribution is 6.29. The number of nitrogens with zero attached hydrogens (tertiary/aromatic N) is 3. The summed E-state index contributed by atoms with van der Waals surface area (Å²) in [5.74, 6) is 0. The standard InChI is InChI=1S/C68H47N3/c1-6-16-48(17-7-1)52-26-34-57(35-27-52)69(58-36-28-53(29-37-58)49-18-8-2-9-19-49)63-44-46-65-67-61(63)42-43-62-64(45-47-66(68(62)67)71(65)56-24-14-5-15-25-56)70(59-38-30-54(31-39-59)50-20-10-3-11-21-50)60-40-32-55(33-41-60)51-22-12-4-13-23-51/h1-47H. The number of anilines is 6. The molecule has 1 aromatic heterocycles. The summed E-state index contributed by atoms with van der Waals surface area (Å²) in [6.45, 7) is 0. The zero-order chi connectivity index (χ0) is 47.1. The highest BCUT2D eigenvalue weighted by Gasteiger charge is 2.26. The molecule has 0 saturated carbocycles. The number of hydrogen-bond donors (Lipinski definition) is 0. The van der Waals surface area contributed by atoms with E-state index in [-0.39, 0.29) is 0 Å². The summed E-state index contributed by atoms with van der Waals surface area (Å²) in [5.41, 5.74) is 19.5. The highest BCUT2D eigenvalue weighted by atomic mass is 15.2. The van der Waals surface area contributed by atoms with E-state index in [0.717, 1.165) is 50.8 Å². The molecule has 0 N–H and O–H groups in total. The Balaban J connectivity index is 1.02. The quantitative estimate of drug-likeness (QED) is 0.120. The molecule has 0 bridgehead atoms. The summed E-state index contributed by atoms with van der Waals surface area (Å²) in [5, 5.41) is 4.81. The van der Waals surface area contributed by atoms with Crippen LogP contribution in [0.2, 0.25) is 0 Å². The van der Waals surface area contributed by atoms with Gasteiger partial charge in [-0.2, -0.15) is 0 Å². The normalized spacial score (nSPS) is 11.4. The lowest BCUT2D eigenvalue weighted by Crippen LogP contribution is -2.11. The fourth-order valence-corrected chi connectivity index (χ4v) is 10.6. The van der Waals surface area contributed by atoms with Crippen molar-refractivity contribution >= 4 is 66.7 Å². The van der Waals surface area contributed by atoms with Crippen molar-refractivity contribution in [1.29, 1.82) is 0 Å². The fourth-order valence-electron chi connectivity index (χ4n) is 10.6. The minimum atomic E-state index is 1.09. The van der Waals surface area contributed by atoms with Gasteiger partial charge in [0, 0.05) is 50.0 Å². The first-order valence-electron chi connectivity index (χ1n) is 24.3. The van der Waals surface area contributed by atoms with Crippen LogP contribution in [-0.2, 0) is 0 Å². The van der Waals surface area contributed by atoms with E-state index in [1.807, 2.05) is 0 Å². The van der Waals surface area contributed by atoms with Crippen LogP contribution in [0.15, 0.2) is 285 Å². The van der Waals surface area contributed by atoms with E-state index in [4.69, 9.17) is 0 Å². The zero-order valence-electron chi connectivity index (χ0n) is 39.0. The molecule has 71 heavy (non-hydrogen) atoms. The van der Waals surface area contributed by atoms with Crippen LogP contribution in [0.4, 0.5) is 34.1 Å². The van der Waals surface area contributed by atoms with Crippen LogP contribution in [0, 0.1) is 0 Å².